The van der Waals surface area contributed by atoms with Crippen molar-refractivity contribution < 1.29 is 46.8 Å². The summed E-state index contributed by atoms with van der Waals surface area (Å²) in [6.45, 7) is 9.67. The number of aryl methyl sites for hydroxylation is 4. The molecule has 2 N–H and O–H groups in total. The molecule has 0 atom stereocenters. The summed E-state index contributed by atoms with van der Waals surface area (Å²) >= 11 is 0. The molecule has 0 saturated carbocycles. The van der Waals surface area contributed by atoms with Gasteiger partial charge in [0, 0.05) is 35.5 Å². The number of carboxylic acid groups (broad SMARTS) is 2. The van der Waals surface area contributed by atoms with Crippen LogP contribution >= 0.6 is 0 Å². The van der Waals surface area contributed by atoms with Crippen LogP contribution in [-0.4, -0.2) is 34.6 Å². The molecule has 0 aliphatic carbocycles. The van der Waals surface area contributed by atoms with E-state index in [9.17, 15) is 10.2 Å². The fourth-order valence-corrected chi connectivity index (χ4v) is 3.10. The number of aromatic hydroxyl groups is 2. The van der Waals surface area contributed by atoms with Gasteiger partial charge in [-0.25, -0.2) is 0 Å². The van der Waals surface area contributed by atoms with Crippen molar-refractivity contribution in [1.82, 2.24) is 0 Å². The molecule has 197 valence electrons. The maximum atomic E-state index is 10.2. The molecule has 37 heavy (non-hydrogen) atoms. The summed E-state index contributed by atoms with van der Waals surface area (Å²) in [5.74, 6) is -1.66. The number of carbonyl (C=O) groups is 2. The second-order valence-corrected chi connectivity index (χ2v) is 8.06. The maximum Gasteiger partial charge on any atom is 2.00 e. The number of phenolic OH excluding ortho intramolecular Hbond substituents is 2. The van der Waals surface area contributed by atoms with E-state index in [1.165, 1.54) is 0 Å². The van der Waals surface area contributed by atoms with Crippen molar-refractivity contribution in [2.45, 2.75) is 41.5 Å². The van der Waals surface area contributed by atoms with Gasteiger partial charge in [0.1, 0.15) is 11.5 Å². The minimum Gasteiger partial charge on any atom is -0.550 e. The van der Waals surface area contributed by atoms with Gasteiger partial charge in [-0.15, -0.1) is 0 Å². The molecule has 0 spiro atoms. The standard InChI is InChI=1S/C24H24N2O2.2C2H4O2.Co/c1-15-9-17(3)23(27)19(11-15)13-25-21-5-7-22(8-6-21)26-14-20-12-16(2)10-18(4)24(20)28;2*1-2(3)4;/h5-14,27-28H,1-4H3;2*1H3,(H,3,4);/q;;;+2/p-2. The molecule has 0 aromatic heterocycles. The van der Waals surface area contributed by atoms with E-state index in [0.717, 1.165) is 47.5 Å². The van der Waals surface area contributed by atoms with Crippen molar-refractivity contribution >= 4 is 35.7 Å². The molecular weight excluding hydrogens is 519 g/mol. The molecule has 3 aromatic rings. The third-order valence-electron chi connectivity index (χ3n) is 4.50. The minimum absolute atomic E-state index is 0. The number of hydrogen-bond acceptors (Lipinski definition) is 8. The normalized spacial score (nSPS) is 10.1. The van der Waals surface area contributed by atoms with Gasteiger partial charge in [-0.3, -0.25) is 9.98 Å². The van der Waals surface area contributed by atoms with E-state index in [1.807, 2.05) is 76.2 Å². The molecule has 0 bridgehead atoms. The smallest absolute Gasteiger partial charge is 0.550 e. The largest absolute Gasteiger partial charge is 2.00 e. The number of phenols is 2. The molecule has 0 fully saturated rings. The molecule has 8 nitrogen and oxygen atoms in total. The van der Waals surface area contributed by atoms with Gasteiger partial charge in [-0.2, -0.15) is 0 Å². The molecule has 3 aromatic carbocycles. The molecule has 0 unspecified atom stereocenters. The topological polar surface area (TPSA) is 145 Å². The predicted octanol–water partition coefficient (Wildman–Crippen LogP) is 3.34. The third-order valence-corrected chi connectivity index (χ3v) is 4.50. The Kier molecular flexibility index (Phi) is 14.2. The first-order valence-corrected chi connectivity index (χ1v) is 10.9. The first kappa shape index (κ1) is 33.0. The molecule has 0 saturated heterocycles. The van der Waals surface area contributed by atoms with Crippen LogP contribution in [0.2, 0.25) is 0 Å². The van der Waals surface area contributed by atoms with Gasteiger partial charge in [0.15, 0.2) is 0 Å². The average molecular weight is 549 g/mol. The van der Waals surface area contributed by atoms with Crippen molar-refractivity contribution in [1.29, 1.82) is 0 Å². The van der Waals surface area contributed by atoms with Gasteiger partial charge in [0.25, 0.3) is 0 Å². The first-order chi connectivity index (χ1) is 16.8. The van der Waals surface area contributed by atoms with Gasteiger partial charge in [0.05, 0.1) is 11.4 Å². The van der Waals surface area contributed by atoms with Crippen LogP contribution in [0.5, 0.6) is 11.5 Å². The van der Waals surface area contributed by atoms with Crippen molar-refractivity contribution in [3.63, 3.8) is 0 Å². The van der Waals surface area contributed by atoms with Crippen LogP contribution in [0.15, 0.2) is 58.5 Å². The fourth-order valence-electron chi connectivity index (χ4n) is 3.10. The SMILES string of the molecule is CC(=O)[O-].CC(=O)[O-].Cc1cc(C)c(O)c(C=Nc2ccc(N=Cc3cc(C)cc(C)c3O)cc2)c1.[Co+2]. The van der Waals surface area contributed by atoms with Crippen molar-refractivity contribution in [2.75, 3.05) is 0 Å². The number of nitrogens with zero attached hydrogens (tertiary/aromatic N) is 2. The van der Waals surface area contributed by atoms with Crippen molar-refractivity contribution in [2.24, 2.45) is 9.98 Å². The molecule has 1 radical (unpaired) electrons. The number of carboxylic acids is 2. The van der Waals surface area contributed by atoms with Gasteiger partial charge >= 0.3 is 16.8 Å². The maximum absolute atomic E-state index is 10.2. The minimum atomic E-state index is -1.08. The summed E-state index contributed by atoms with van der Waals surface area (Å²) in [5.41, 5.74) is 6.77. The van der Waals surface area contributed by atoms with Crippen LogP contribution in [0.25, 0.3) is 0 Å². The van der Waals surface area contributed by atoms with Crippen LogP contribution in [0.1, 0.15) is 47.2 Å². The Morgan fingerprint density at radius 2 is 0.946 bits per heavy atom. The zero-order valence-corrected chi connectivity index (χ0v) is 22.6. The van der Waals surface area contributed by atoms with Gasteiger partial charge in [-0.05, 0) is 100 Å². The molecule has 3 rings (SSSR count). The number of aliphatic carboxylic acids is 2. The zero-order chi connectivity index (χ0) is 27.4. The summed E-state index contributed by atoms with van der Waals surface area (Å²) in [6.07, 6.45) is 3.34. The third kappa shape index (κ3) is 12.5. The Balaban J connectivity index is 0.00000127. The summed E-state index contributed by atoms with van der Waals surface area (Å²) in [5, 5.41) is 38.1. The number of carbonyl (C=O) groups excluding carboxylic acids is 2. The van der Waals surface area contributed by atoms with Gasteiger partial charge in [0.2, 0.25) is 0 Å². The van der Waals surface area contributed by atoms with Gasteiger partial charge in [-0.1, -0.05) is 12.1 Å². The van der Waals surface area contributed by atoms with Crippen LogP contribution in [-0.2, 0) is 26.4 Å². The second-order valence-electron chi connectivity index (χ2n) is 8.06. The molecule has 9 heteroatoms. The summed E-state index contributed by atoms with van der Waals surface area (Å²) in [6, 6.07) is 15.1. The van der Waals surface area contributed by atoms with E-state index in [0.29, 0.717) is 11.1 Å². The van der Waals surface area contributed by atoms with Crippen molar-refractivity contribution in [3.05, 3.63) is 81.9 Å². The van der Waals surface area contributed by atoms with Crippen LogP contribution in [0.4, 0.5) is 11.4 Å². The quantitative estimate of drug-likeness (QED) is 0.478. The Morgan fingerprint density at radius 3 is 1.22 bits per heavy atom. The Hall–Kier alpha value is -3.95. The molecule has 0 heterocycles. The predicted molar refractivity (Wildman–Crippen MR) is 137 cm³/mol. The van der Waals surface area contributed by atoms with E-state index >= 15 is 0 Å². The monoisotopic (exact) mass is 549 g/mol. The van der Waals surface area contributed by atoms with E-state index in [1.54, 1.807) is 12.4 Å². The van der Waals surface area contributed by atoms with Crippen LogP contribution in [0.3, 0.4) is 0 Å². The molecule has 0 aliphatic rings. The number of rotatable bonds is 4. The number of hydrogen-bond donors (Lipinski definition) is 2. The van der Waals surface area contributed by atoms with E-state index in [-0.39, 0.29) is 28.3 Å². The average Bonchev–Trinajstić information content (AvgIpc) is 2.76. The van der Waals surface area contributed by atoms with E-state index in [2.05, 4.69) is 9.98 Å². The molecule has 0 aliphatic heterocycles. The van der Waals surface area contributed by atoms with Crippen molar-refractivity contribution in [3.8, 4) is 11.5 Å². The van der Waals surface area contributed by atoms with Crippen LogP contribution in [0, 0.1) is 27.7 Å². The Bertz CT molecular complexity index is 1160. The number of benzene rings is 3. The molecular formula is C28H30CoN2O6. The van der Waals surface area contributed by atoms with Crippen LogP contribution < -0.4 is 10.2 Å². The number of aliphatic imine (C=N–C) groups is 2. The van der Waals surface area contributed by atoms with E-state index in [4.69, 9.17) is 19.8 Å². The first-order valence-electron chi connectivity index (χ1n) is 10.9. The second kappa shape index (κ2) is 15.9. The Labute approximate surface area is 227 Å². The molecule has 0 amide bonds. The summed E-state index contributed by atoms with van der Waals surface area (Å²) in [7, 11) is 0. The fraction of sp³-hybridized carbons (Fsp3) is 0.214. The summed E-state index contributed by atoms with van der Waals surface area (Å²) in [4.78, 5) is 26.7. The Morgan fingerprint density at radius 1 is 0.676 bits per heavy atom. The summed E-state index contributed by atoms with van der Waals surface area (Å²) < 4.78 is 0. The van der Waals surface area contributed by atoms with Gasteiger partial charge < -0.3 is 30.0 Å². The van der Waals surface area contributed by atoms with E-state index < -0.39 is 11.9 Å². The zero-order valence-electron chi connectivity index (χ0n) is 21.5.